The van der Waals surface area contributed by atoms with Gasteiger partial charge in [0.25, 0.3) is 5.91 Å². The van der Waals surface area contributed by atoms with Crippen LogP contribution >= 0.6 is 0 Å². The Hall–Kier alpha value is -3.67. The third-order valence-corrected chi connectivity index (χ3v) is 4.48. The van der Waals surface area contributed by atoms with Gasteiger partial charge in [-0.2, -0.15) is 5.48 Å². The van der Waals surface area contributed by atoms with Crippen LogP contribution < -0.4 is 24.5 Å². The molecule has 1 atom stereocenters. The summed E-state index contributed by atoms with van der Waals surface area (Å²) in [6, 6.07) is 22.4. The first-order valence-electron chi connectivity index (χ1n) is 9.35. The molecule has 3 aromatic carbocycles. The molecule has 0 radical (unpaired) electrons. The largest absolute Gasteiger partial charge is 0.457 e. The summed E-state index contributed by atoms with van der Waals surface area (Å²) in [7, 11) is 0. The first-order chi connectivity index (χ1) is 14.2. The molecule has 6 nitrogen and oxygen atoms in total. The Morgan fingerprint density at radius 2 is 1.72 bits per heavy atom. The average molecular weight is 391 g/mol. The van der Waals surface area contributed by atoms with Crippen LogP contribution in [0.2, 0.25) is 0 Å². The van der Waals surface area contributed by atoms with Crippen LogP contribution in [-0.2, 0) is 11.2 Å². The predicted molar refractivity (Wildman–Crippen MR) is 107 cm³/mol. The van der Waals surface area contributed by atoms with E-state index in [1.54, 1.807) is 18.2 Å². The smallest absolute Gasteiger partial charge is 0.255 e. The summed E-state index contributed by atoms with van der Waals surface area (Å²) in [5.41, 5.74) is 3.50. The number of hydrogen-bond acceptors (Lipinski definition) is 5. The fourth-order valence-corrected chi connectivity index (χ4v) is 2.96. The molecular weight excluding hydrogens is 370 g/mol. The Bertz CT molecular complexity index is 990. The van der Waals surface area contributed by atoms with E-state index in [0.29, 0.717) is 23.7 Å². The van der Waals surface area contributed by atoms with Crippen molar-refractivity contribution >= 4 is 5.91 Å². The number of amides is 1. The summed E-state index contributed by atoms with van der Waals surface area (Å²) < 4.78 is 16.4. The van der Waals surface area contributed by atoms with E-state index in [1.807, 2.05) is 61.5 Å². The number of carbonyl (C=O) groups is 1. The predicted octanol–water partition coefficient (Wildman–Crippen LogP) is 4.50. The lowest BCUT2D eigenvalue weighted by molar-refractivity contribution is -0.131. The van der Waals surface area contributed by atoms with Gasteiger partial charge in [0.1, 0.15) is 11.5 Å². The van der Waals surface area contributed by atoms with Crippen molar-refractivity contribution in [1.29, 1.82) is 0 Å². The van der Waals surface area contributed by atoms with E-state index >= 15 is 0 Å². The van der Waals surface area contributed by atoms with E-state index in [1.165, 1.54) is 0 Å². The van der Waals surface area contributed by atoms with E-state index < -0.39 is 0 Å². The molecule has 0 aromatic heterocycles. The molecule has 0 bridgehead atoms. The third-order valence-electron chi connectivity index (χ3n) is 4.48. The second-order valence-electron chi connectivity index (χ2n) is 6.75. The van der Waals surface area contributed by atoms with Gasteiger partial charge >= 0.3 is 0 Å². The number of hydrogen-bond donors (Lipinski definition) is 1. The summed E-state index contributed by atoms with van der Waals surface area (Å²) in [5.74, 6) is 2.75. The molecule has 1 heterocycles. The van der Waals surface area contributed by atoms with Crippen LogP contribution in [0.4, 0.5) is 0 Å². The van der Waals surface area contributed by atoms with Crippen molar-refractivity contribution < 1.29 is 23.8 Å². The highest BCUT2D eigenvalue weighted by molar-refractivity contribution is 5.77. The maximum atomic E-state index is 12.4. The lowest BCUT2D eigenvalue weighted by Crippen LogP contribution is -2.33. The van der Waals surface area contributed by atoms with Crippen molar-refractivity contribution in [1.82, 2.24) is 5.48 Å². The molecular formula is C23H21NO5. The number of carbonyl (C=O) groups excluding carboxylic acids is 1. The van der Waals surface area contributed by atoms with Gasteiger partial charge in [-0.1, -0.05) is 37.3 Å². The minimum atomic E-state index is -0.281. The van der Waals surface area contributed by atoms with Crippen molar-refractivity contribution in [3.05, 3.63) is 78.4 Å². The molecule has 29 heavy (non-hydrogen) atoms. The molecule has 0 spiro atoms. The summed E-state index contributed by atoms with van der Waals surface area (Å²) >= 11 is 0. The molecule has 1 amide bonds. The van der Waals surface area contributed by atoms with Crippen molar-refractivity contribution in [3.63, 3.8) is 0 Å². The summed E-state index contributed by atoms with van der Waals surface area (Å²) in [6.45, 7) is 2.04. The summed E-state index contributed by atoms with van der Waals surface area (Å²) in [6.07, 6.45) is 0.558. The highest BCUT2D eigenvalue weighted by Crippen LogP contribution is 2.34. The molecule has 1 aliphatic rings. The number of hydroxylamine groups is 1. The molecule has 1 aliphatic heterocycles. The molecule has 4 rings (SSSR count). The van der Waals surface area contributed by atoms with E-state index in [0.717, 1.165) is 17.1 Å². The zero-order valence-electron chi connectivity index (χ0n) is 16.0. The van der Waals surface area contributed by atoms with Crippen LogP contribution in [0.3, 0.4) is 0 Å². The second kappa shape index (κ2) is 8.56. The zero-order valence-corrected chi connectivity index (χ0v) is 16.0. The van der Waals surface area contributed by atoms with Gasteiger partial charge in [0.2, 0.25) is 6.79 Å². The van der Waals surface area contributed by atoms with Gasteiger partial charge < -0.3 is 19.0 Å². The number of para-hydroxylation sites is 1. The fraction of sp³-hybridized carbons (Fsp3) is 0.174. The molecule has 1 N–H and O–H groups in total. The Labute approximate surface area is 168 Å². The first-order valence-corrected chi connectivity index (χ1v) is 9.35. The molecule has 3 aromatic rings. The number of fused-ring (bicyclic) bond motifs is 1. The number of ether oxygens (including phenoxy) is 3. The fourth-order valence-electron chi connectivity index (χ4n) is 2.96. The summed E-state index contributed by atoms with van der Waals surface area (Å²) in [5, 5.41) is 0. The Balaban J connectivity index is 1.32. The van der Waals surface area contributed by atoms with E-state index in [4.69, 9.17) is 19.0 Å². The highest BCUT2D eigenvalue weighted by atomic mass is 16.7. The van der Waals surface area contributed by atoms with Crippen molar-refractivity contribution in [3.8, 4) is 28.7 Å². The molecule has 0 fully saturated rings. The maximum Gasteiger partial charge on any atom is 0.255 e. The van der Waals surface area contributed by atoms with Crippen molar-refractivity contribution in [2.75, 3.05) is 6.79 Å². The third kappa shape index (κ3) is 4.79. The Morgan fingerprint density at radius 3 is 2.59 bits per heavy atom. The van der Waals surface area contributed by atoms with E-state index in [9.17, 15) is 4.79 Å². The minimum Gasteiger partial charge on any atom is -0.457 e. The van der Waals surface area contributed by atoms with Gasteiger partial charge in [0.15, 0.2) is 17.2 Å². The number of rotatable bonds is 7. The van der Waals surface area contributed by atoms with Crippen LogP contribution in [0, 0.1) is 5.92 Å². The Kier molecular flexibility index (Phi) is 5.52. The second-order valence-corrected chi connectivity index (χ2v) is 6.75. The lowest BCUT2D eigenvalue weighted by atomic mass is 10.0. The maximum absolute atomic E-state index is 12.4. The Morgan fingerprint density at radius 1 is 0.931 bits per heavy atom. The average Bonchev–Trinajstić information content (AvgIpc) is 3.21. The highest BCUT2D eigenvalue weighted by Gasteiger charge is 2.17. The van der Waals surface area contributed by atoms with Gasteiger partial charge in [0.05, 0.1) is 0 Å². The monoisotopic (exact) mass is 391 g/mol. The van der Waals surface area contributed by atoms with Crippen LogP contribution in [0.15, 0.2) is 72.8 Å². The van der Waals surface area contributed by atoms with Gasteiger partial charge in [-0.25, -0.2) is 0 Å². The number of benzene rings is 3. The van der Waals surface area contributed by atoms with Crippen LogP contribution in [0.1, 0.15) is 12.5 Å². The molecule has 0 saturated carbocycles. The van der Waals surface area contributed by atoms with Crippen molar-refractivity contribution in [2.45, 2.75) is 13.3 Å². The standard InChI is InChI=1S/C23H21NO5/c1-16(23(25)24-29-20-10-11-21-22(14-20)27-15-26-21)12-17-6-5-9-19(13-17)28-18-7-3-2-4-8-18/h2-11,13-14,16H,12,15H2,1H3,(H,24,25). The lowest BCUT2D eigenvalue weighted by Gasteiger charge is -2.14. The first kappa shape index (κ1) is 18.7. The van der Waals surface area contributed by atoms with Gasteiger partial charge in [-0.15, -0.1) is 0 Å². The minimum absolute atomic E-state index is 0.190. The van der Waals surface area contributed by atoms with Crippen LogP contribution in [0.5, 0.6) is 28.7 Å². The zero-order chi connectivity index (χ0) is 20.1. The van der Waals surface area contributed by atoms with E-state index in [-0.39, 0.29) is 18.6 Å². The molecule has 0 saturated heterocycles. The van der Waals surface area contributed by atoms with Crippen LogP contribution in [-0.4, -0.2) is 12.7 Å². The normalized spacial score (nSPS) is 12.9. The SMILES string of the molecule is CC(Cc1cccc(Oc2ccccc2)c1)C(=O)NOc1ccc2c(c1)OCO2. The van der Waals surface area contributed by atoms with Crippen molar-refractivity contribution in [2.24, 2.45) is 5.92 Å². The van der Waals surface area contributed by atoms with Crippen LogP contribution in [0.25, 0.3) is 0 Å². The molecule has 148 valence electrons. The molecule has 0 aliphatic carbocycles. The molecule has 6 heteroatoms. The van der Waals surface area contributed by atoms with Gasteiger partial charge in [-0.05, 0) is 48.4 Å². The van der Waals surface area contributed by atoms with Gasteiger partial charge in [-0.3, -0.25) is 4.79 Å². The quantitative estimate of drug-likeness (QED) is 0.601. The molecule has 1 unspecified atom stereocenters. The van der Waals surface area contributed by atoms with Gasteiger partial charge in [0, 0.05) is 12.0 Å². The summed E-state index contributed by atoms with van der Waals surface area (Å²) in [4.78, 5) is 17.8. The van der Waals surface area contributed by atoms with E-state index in [2.05, 4.69) is 5.48 Å². The number of nitrogens with one attached hydrogen (secondary N) is 1. The topological polar surface area (TPSA) is 66.0 Å².